The highest BCUT2D eigenvalue weighted by Crippen LogP contribution is 2.40. The van der Waals surface area contributed by atoms with Crippen LogP contribution in [0.25, 0.3) is 33.0 Å². The van der Waals surface area contributed by atoms with E-state index in [1.165, 1.54) is 49.7 Å². The fourth-order valence-electron chi connectivity index (χ4n) is 5.56. The van der Waals surface area contributed by atoms with E-state index < -0.39 is 0 Å². The van der Waals surface area contributed by atoms with Crippen LogP contribution >= 0.6 is 0 Å². The van der Waals surface area contributed by atoms with Gasteiger partial charge in [-0.2, -0.15) is 0 Å². The van der Waals surface area contributed by atoms with E-state index in [4.69, 9.17) is 0 Å². The van der Waals surface area contributed by atoms with Crippen LogP contribution in [0.5, 0.6) is 0 Å². The third kappa shape index (κ3) is 5.82. The van der Waals surface area contributed by atoms with Crippen LogP contribution in [-0.4, -0.2) is 0 Å². The summed E-state index contributed by atoms with van der Waals surface area (Å²) in [4.78, 5) is 2.31. The van der Waals surface area contributed by atoms with Gasteiger partial charge in [0.25, 0.3) is 0 Å². The maximum Gasteiger partial charge on any atom is 0.0462 e. The lowest BCUT2D eigenvalue weighted by Gasteiger charge is -2.25. The van der Waals surface area contributed by atoms with Crippen LogP contribution in [0.4, 0.5) is 17.1 Å². The molecule has 0 amide bonds. The van der Waals surface area contributed by atoms with Crippen LogP contribution in [0, 0.1) is 20.8 Å². The summed E-state index contributed by atoms with van der Waals surface area (Å²) >= 11 is 0. The van der Waals surface area contributed by atoms with Crippen LogP contribution in [0.15, 0.2) is 158 Å². The first kappa shape index (κ1) is 27.1. The molecule has 0 N–H and O–H groups in total. The van der Waals surface area contributed by atoms with Gasteiger partial charge < -0.3 is 4.90 Å². The molecular weight excluding hydrogens is 506 g/mol. The highest BCUT2D eigenvalue weighted by atomic mass is 15.1. The van der Waals surface area contributed by atoms with Crippen molar-refractivity contribution in [3.63, 3.8) is 0 Å². The molecule has 6 rings (SSSR count). The number of rotatable bonds is 5. The second-order valence-electron chi connectivity index (χ2n) is 10.9. The molecule has 1 heteroatoms. The predicted molar refractivity (Wildman–Crippen MR) is 181 cm³/mol. The van der Waals surface area contributed by atoms with Gasteiger partial charge in [0.05, 0.1) is 0 Å². The van der Waals surface area contributed by atoms with Crippen molar-refractivity contribution in [3.8, 4) is 22.3 Å². The Labute approximate surface area is 249 Å². The number of hydrogen-bond donors (Lipinski definition) is 0. The Kier molecular flexibility index (Phi) is 7.83. The SMILES string of the molecule is Cc1ccc(-c2cc(C)ccccc3cc(C)ccc3c2-c2ccc(N(c3ccccc3)c3ccccc3)cc2)cc1. The molecular formula is C41H35N. The fraction of sp³-hybridized carbons (Fsp3) is 0.0732. The van der Waals surface area contributed by atoms with E-state index in [0.29, 0.717) is 0 Å². The molecule has 0 saturated carbocycles. The van der Waals surface area contributed by atoms with Crippen molar-refractivity contribution in [1.82, 2.24) is 0 Å². The fourth-order valence-corrected chi connectivity index (χ4v) is 5.56. The standard InChI is InChI=1S/C41H35N/c1-30-18-21-33(22-19-30)40-29-31(2)12-10-11-13-35-28-32(3)20-27-39(35)41(40)34-23-25-38(26-24-34)42(36-14-6-4-7-15-36)37-16-8-5-9-17-37/h4-29H,1-3H3. The van der Waals surface area contributed by atoms with E-state index in [2.05, 4.69) is 183 Å². The molecule has 0 aliphatic carbocycles. The average Bonchev–Trinajstić information content (AvgIpc) is 3.02. The topological polar surface area (TPSA) is 3.24 Å². The normalized spacial score (nSPS) is 10.7. The van der Waals surface area contributed by atoms with Gasteiger partial charge in [-0.3, -0.25) is 0 Å². The molecule has 0 aliphatic heterocycles. The first-order valence-corrected chi connectivity index (χ1v) is 14.5. The summed E-state index contributed by atoms with van der Waals surface area (Å²) in [5.74, 6) is 0. The molecule has 0 bridgehead atoms. The molecule has 0 heterocycles. The molecule has 0 unspecified atom stereocenters. The van der Waals surface area contributed by atoms with Gasteiger partial charge in [-0.05, 0) is 90.2 Å². The molecule has 0 fully saturated rings. The third-order valence-corrected chi connectivity index (χ3v) is 7.67. The smallest absolute Gasteiger partial charge is 0.0462 e. The summed E-state index contributed by atoms with van der Waals surface area (Å²) in [6, 6.07) is 56.9. The Hall–Kier alpha value is -5.14. The van der Waals surface area contributed by atoms with Crippen LogP contribution < -0.4 is 4.90 Å². The van der Waals surface area contributed by atoms with Crippen molar-refractivity contribution in [3.05, 3.63) is 174 Å². The van der Waals surface area contributed by atoms with Gasteiger partial charge in [-0.25, -0.2) is 0 Å². The maximum absolute atomic E-state index is 2.33. The van der Waals surface area contributed by atoms with Gasteiger partial charge in [-0.15, -0.1) is 0 Å². The van der Waals surface area contributed by atoms with E-state index in [0.717, 1.165) is 17.1 Å². The minimum Gasteiger partial charge on any atom is -0.311 e. The van der Waals surface area contributed by atoms with E-state index >= 15 is 0 Å². The van der Waals surface area contributed by atoms with Crippen molar-refractivity contribution < 1.29 is 0 Å². The van der Waals surface area contributed by atoms with Gasteiger partial charge in [0.1, 0.15) is 0 Å². The minimum atomic E-state index is 1.12. The largest absolute Gasteiger partial charge is 0.311 e. The second kappa shape index (κ2) is 12.2. The number of anilines is 3. The third-order valence-electron chi connectivity index (χ3n) is 7.67. The highest BCUT2D eigenvalue weighted by molar-refractivity contribution is 6.02. The zero-order valence-corrected chi connectivity index (χ0v) is 24.5. The van der Waals surface area contributed by atoms with E-state index in [-0.39, 0.29) is 0 Å². The van der Waals surface area contributed by atoms with E-state index in [1.54, 1.807) is 0 Å². The molecule has 42 heavy (non-hydrogen) atoms. The summed E-state index contributed by atoms with van der Waals surface area (Å²) < 4.78 is 0. The Morgan fingerprint density at radius 1 is 0.381 bits per heavy atom. The molecule has 1 nitrogen and oxygen atoms in total. The highest BCUT2D eigenvalue weighted by Gasteiger charge is 2.14. The average molecular weight is 542 g/mol. The molecule has 6 aromatic carbocycles. The van der Waals surface area contributed by atoms with Crippen LogP contribution in [0.1, 0.15) is 16.7 Å². The number of nitrogens with zero attached hydrogens (tertiary/aromatic N) is 1. The van der Waals surface area contributed by atoms with Crippen molar-refractivity contribution >= 4 is 27.8 Å². The van der Waals surface area contributed by atoms with Gasteiger partial charge in [-0.1, -0.05) is 138 Å². The zero-order chi connectivity index (χ0) is 28.9. The van der Waals surface area contributed by atoms with Crippen molar-refractivity contribution in [2.45, 2.75) is 20.8 Å². The lowest BCUT2D eigenvalue weighted by atomic mass is 9.90. The van der Waals surface area contributed by atoms with Gasteiger partial charge in [0.2, 0.25) is 0 Å². The lowest BCUT2D eigenvalue weighted by Crippen LogP contribution is -2.09. The van der Waals surface area contributed by atoms with Crippen LogP contribution in [-0.2, 0) is 0 Å². The predicted octanol–water partition coefficient (Wildman–Crippen LogP) is 11.7. The van der Waals surface area contributed by atoms with Crippen molar-refractivity contribution in [1.29, 1.82) is 0 Å². The Bertz CT molecular complexity index is 1830. The van der Waals surface area contributed by atoms with Crippen molar-refractivity contribution in [2.75, 3.05) is 4.90 Å². The molecule has 204 valence electrons. The van der Waals surface area contributed by atoms with Crippen LogP contribution in [0.3, 0.4) is 0 Å². The first-order valence-electron chi connectivity index (χ1n) is 14.5. The Balaban J connectivity index is 1.62. The monoisotopic (exact) mass is 541 g/mol. The molecule has 6 aromatic rings. The van der Waals surface area contributed by atoms with E-state index in [1.807, 2.05) is 0 Å². The summed E-state index contributed by atoms with van der Waals surface area (Å²) in [5, 5.41) is 2.44. The Morgan fingerprint density at radius 2 is 0.881 bits per heavy atom. The first-order chi connectivity index (χ1) is 20.6. The number of aryl methyl sites for hydroxylation is 3. The number of hydrogen-bond acceptors (Lipinski definition) is 1. The summed E-state index contributed by atoms with van der Waals surface area (Å²) in [6.45, 7) is 6.48. The summed E-state index contributed by atoms with van der Waals surface area (Å²) in [7, 11) is 0. The molecule has 0 aromatic heterocycles. The van der Waals surface area contributed by atoms with Crippen LogP contribution in [0.2, 0.25) is 0 Å². The lowest BCUT2D eigenvalue weighted by molar-refractivity contribution is 1.28. The molecule has 0 aliphatic rings. The summed E-state index contributed by atoms with van der Waals surface area (Å²) in [6.07, 6.45) is 0. The molecule has 0 saturated heterocycles. The molecule has 0 atom stereocenters. The molecule has 0 spiro atoms. The number of para-hydroxylation sites is 2. The van der Waals surface area contributed by atoms with E-state index in [9.17, 15) is 0 Å². The Morgan fingerprint density at radius 3 is 1.52 bits per heavy atom. The van der Waals surface area contributed by atoms with Gasteiger partial charge in [0.15, 0.2) is 0 Å². The molecule has 0 radical (unpaired) electrons. The minimum absolute atomic E-state index is 1.12. The van der Waals surface area contributed by atoms with Gasteiger partial charge in [0, 0.05) is 17.1 Å². The second-order valence-corrected chi connectivity index (χ2v) is 10.9. The zero-order valence-electron chi connectivity index (χ0n) is 24.5. The number of fused-ring (bicyclic) bond motifs is 1. The van der Waals surface area contributed by atoms with Gasteiger partial charge >= 0.3 is 0 Å². The summed E-state index contributed by atoms with van der Waals surface area (Å²) in [5.41, 5.74) is 11.9. The maximum atomic E-state index is 2.33. The van der Waals surface area contributed by atoms with Crippen molar-refractivity contribution in [2.24, 2.45) is 0 Å². The quantitative estimate of drug-likeness (QED) is 0.210. The number of benzene rings is 5.